The standard InChI is InChI=1S/C36H27BrN8O4S2/c37-17-5-10-31(46)39-25-13-11-23(12-14-25)35(47)41-26-6-4-7-27(21-26)42-36-43-30-16-19-50-32(30)33(44-36)40-28-20-24-15-18-45(34(24)38-22-28)51(48,49)29-8-2-1-3-9-29/h1-16,18-22H,17H2,(H,39,46)(H,41,47)(H2,40,42,43,44)/b10-5+. The van der Waals surface area contributed by atoms with E-state index in [1.807, 2.05) is 23.6 Å². The topological polar surface area (TPSA) is 160 Å². The molecule has 0 unspecified atom stereocenters. The molecule has 0 aliphatic carbocycles. The maximum absolute atomic E-state index is 13.2. The van der Waals surface area contributed by atoms with Crippen molar-refractivity contribution >= 4 is 105 Å². The predicted molar refractivity (Wildman–Crippen MR) is 205 cm³/mol. The fourth-order valence-electron chi connectivity index (χ4n) is 5.16. The third kappa shape index (κ3) is 7.50. The Balaban J connectivity index is 1.07. The SMILES string of the molecule is O=C(/C=C/CBr)Nc1ccc(C(=O)Nc2cccc(Nc3nc(Nc4cnc5c(ccn5S(=O)(=O)c5ccccc5)c4)c4sccc4n3)c2)cc1. The number of nitrogens with one attached hydrogen (secondary N) is 4. The Morgan fingerprint density at radius 2 is 1.63 bits per heavy atom. The van der Waals surface area contributed by atoms with Crippen LogP contribution in [0.5, 0.6) is 0 Å². The molecule has 0 fully saturated rings. The molecule has 7 aromatic rings. The lowest BCUT2D eigenvalue weighted by Crippen LogP contribution is -2.12. The summed E-state index contributed by atoms with van der Waals surface area (Å²) in [5.74, 6) is 0.289. The van der Waals surface area contributed by atoms with Gasteiger partial charge in [0.15, 0.2) is 11.5 Å². The number of fused-ring (bicyclic) bond motifs is 2. The highest BCUT2D eigenvalue weighted by Gasteiger charge is 2.20. The molecule has 0 aliphatic heterocycles. The van der Waals surface area contributed by atoms with E-state index in [2.05, 4.69) is 47.2 Å². The van der Waals surface area contributed by atoms with Gasteiger partial charge >= 0.3 is 0 Å². The van der Waals surface area contributed by atoms with Gasteiger partial charge < -0.3 is 21.3 Å². The van der Waals surface area contributed by atoms with Gasteiger partial charge in [-0.15, -0.1) is 11.3 Å². The molecule has 0 spiro atoms. The summed E-state index contributed by atoms with van der Waals surface area (Å²) in [7, 11) is -3.81. The number of anilines is 6. The van der Waals surface area contributed by atoms with Gasteiger partial charge in [-0.2, -0.15) is 4.98 Å². The zero-order valence-electron chi connectivity index (χ0n) is 26.4. The molecule has 12 nitrogen and oxygen atoms in total. The van der Waals surface area contributed by atoms with E-state index in [0.717, 1.165) is 10.2 Å². The number of aromatic nitrogens is 4. The molecule has 0 saturated carbocycles. The highest BCUT2D eigenvalue weighted by atomic mass is 79.9. The molecule has 0 bridgehead atoms. The Labute approximate surface area is 304 Å². The van der Waals surface area contributed by atoms with E-state index < -0.39 is 10.0 Å². The van der Waals surface area contributed by atoms with Gasteiger partial charge in [0.2, 0.25) is 11.9 Å². The molecule has 4 aromatic heterocycles. The molecule has 0 aliphatic rings. The number of amides is 2. The quantitative estimate of drug-likeness (QED) is 0.0756. The minimum Gasteiger partial charge on any atom is -0.338 e. The fourth-order valence-corrected chi connectivity index (χ4v) is 7.45. The molecule has 7 rings (SSSR count). The van der Waals surface area contributed by atoms with Gasteiger partial charge in [-0.3, -0.25) is 9.59 Å². The largest absolute Gasteiger partial charge is 0.338 e. The first-order chi connectivity index (χ1) is 24.8. The van der Waals surface area contributed by atoms with Crippen LogP contribution in [-0.4, -0.2) is 44.5 Å². The summed E-state index contributed by atoms with van der Waals surface area (Å²) in [6.45, 7) is 0. The summed E-state index contributed by atoms with van der Waals surface area (Å²) < 4.78 is 28.5. The van der Waals surface area contributed by atoms with Gasteiger partial charge in [-0.05, 0) is 78.2 Å². The lowest BCUT2D eigenvalue weighted by molar-refractivity contribution is -0.111. The number of hydrogen-bond donors (Lipinski definition) is 4. The highest BCUT2D eigenvalue weighted by Crippen LogP contribution is 2.32. The van der Waals surface area contributed by atoms with Crippen LogP contribution in [0.1, 0.15) is 10.4 Å². The number of rotatable bonds is 11. The number of thiophene rings is 1. The molecular weight excluding hydrogens is 752 g/mol. The monoisotopic (exact) mass is 778 g/mol. The smallest absolute Gasteiger partial charge is 0.269 e. The van der Waals surface area contributed by atoms with Crippen LogP contribution in [0.25, 0.3) is 21.3 Å². The first-order valence-corrected chi connectivity index (χ1v) is 18.8. The van der Waals surface area contributed by atoms with E-state index in [9.17, 15) is 18.0 Å². The van der Waals surface area contributed by atoms with E-state index in [0.29, 0.717) is 56.4 Å². The van der Waals surface area contributed by atoms with E-state index in [1.54, 1.807) is 91.1 Å². The highest BCUT2D eigenvalue weighted by molar-refractivity contribution is 9.09. The van der Waals surface area contributed by atoms with E-state index in [-0.39, 0.29) is 16.7 Å². The van der Waals surface area contributed by atoms with Gasteiger partial charge in [0.25, 0.3) is 15.9 Å². The zero-order valence-corrected chi connectivity index (χ0v) is 29.7. The van der Waals surface area contributed by atoms with Gasteiger partial charge in [0, 0.05) is 45.6 Å². The summed E-state index contributed by atoms with van der Waals surface area (Å²) >= 11 is 4.71. The molecule has 4 N–H and O–H groups in total. The predicted octanol–water partition coefficient (Wildman–Crippen LogP) is 7.91. The minimum absolute atomic E-state index is 0.174. The summed E-state index contributed by atoms with van der Waals surface area (Å²) in [5, 5.41) is 15.3. The molecule has 15 heteroatoms. The molecule has 3 aromatic carbocycles. The first-order valence-electron chi connectivity index (χ1n) is 15.4. The number of halogens is 1. The van der Waals surface area contributed by atoms with Gasteiger partial charge in [-0.1, -0.05) is 46.3 Å². The maximum Gasteiger partial charge on any atom is 0.269 e. The van der Waals surface area contributed by atoms with Gasteiger partial charge in [0.1, 0.15) is 0 Å². The second kappa shape index (κ2) is 14.5. The second-order valence-corrected chi connectivity index (χ2v) is 14.4. The van der Waals surface area contributed by atoms with Crippen molar-refractivity contribution in [3.05, 3.63) is 133 Å². The molecule has 254 valence electrons. The molecule has 51 heavy (non-hydrogen) atoms. The number of benzene rings is 3. The number of allylic oxidation sites excluding steroid dienone is 1. The van der Waals surface area contributed by atoms with E-state index >= 15 is 0 Å². The van der Waals surface area contributed by atoms with E-state index in [4.69, 9.17) is 4.98 Å². The first kappa shape index (κ1) is 33.6. The number of nitrogens with zero attached hydrogens (tertiary/aromatic N) is 4. The van der Waals surface area contributed by atoms with Crippen molar-refractivity contribution in [3.8, 4) is 0 Å². The summed E-state index contributed by atoms with van der Waals surface area (Å²) in [6.07, 6.45) is 6.17. The van der Waals surface area contributed by atoms with Crippen LogP contribution >= 0.6 is 27.3 Å². The van der Waals surface area contributed by atoms with Crippen LogP contribution in [-0.2, 0) is 14.8 Å². The van der Waals surface area contributed by atoms with Crippen molar-refractivity contribution in [3.63, 3.8) is 0 Å². The van der Waals surface area contributed by atoms with Gasteiger partial charge in [-0.25, -0.2) is 22.4 Å². The number of pyridine rings is 1. The van der Waals surface area contributed by atoms with Crippen molar-refractivity contribution in [1.82, 2.24) is 18.9 Å². The molecule has 0 radical (unpaired) electrons. The van der Waals surface area contributed by atoms with Crippen LogP contribution in [0, 0.1) is 0 Å². The maximum atomic E-state index is 13.2. The molecular formula is C36H27BrN8O4S2. The average Bonchev–Trinajstić information content (AvgIpc) is 3.79. The van der Waals surface area contributed by atoms with Crippen LogP contribution in [0.3, 0.4) is 0 Å². The third-order valence-corrected chi connectivity index (χ3v) is 10.5. The van der Waals surface area contributed by atoms with Crippen molar-refractivity contribution in [2.45, 2.75) is 4.90 Å². The Hall–Kier alpha value is -5.90. The number of carbonyl (C=O) groups is 2. The van der Waals surface area contributed by atoms with Gasteiger partial charge in [0.05, 0.1) is 27.0 Å². The van der Waals surface area contributed by atoms with Crippen LogP contribution in [0.2, 0.25) is 0 Å². The lowest BCUT2D eigenvalue weighted by atomic mass is 10.2. The van der Waals surface area contributed by atoms with Crippen molar-refractivity contribution in [1.29, 1.82) is 0 Å². The Bertz CT molecular complexity index is 2540. The van der Waals surface area contributed by atoms with Crippen LogP contribution in [0.4, 0.5) is 34.5 Å². The van der Waals surface area contributed by atoms with Crippen molar-refractivity contribution < 1.29 is 18.0 Å². The average molecular weight is 780 g/mol. The Morgan fingerprint density at radius 1 is 0.824 bits per heavy atom. The molecule has 2 amide bonds. The zero-order chi connectivity index (χ0) is 35.4. The normalized spacial score (nSPS) is 11.5. The van der Waals surface area contributed by atoms with Crippen molar-refractivity contribution in [2.24, 2.45) is 0 Å². The number of hydrogen-bond acceptors (Lipinski definition) is 10. The van der Waals surface area contributed by atoms with Crippen molar-refractivity contribution in [2.75, 3.05) is 26.6 Å². The van der Waals surface area contributed by atoms with Crippen LogP contribution < -0.4 is 21.3 Å². The van der Waals surface area contributed by atoms with Crippen LogP contribution in [0.15, 0.2) is 132 Å². The molecule has 0 atom stereocenters. The third-order valence-electron chi connectivity index (χ3n) is 7.51. The molecule has 0 saturated heterocycles. The summed E-state index contributed by atoms with van der Waals surface area (Å²) in [6, 6.07) is 27.4. The Kier molecular flexibility index (Phi) is 9.57. The second-order valence-electron chi connectivity index (χ2n) is 11.0. The number of alkyl halides is 1. The van der Waals surface area contributed by atoms with E-state index in [1.165, 1.54) is 27.6 Å². The lowest BCUT2D eigenvalue weighted by Gasteiger charge is -2.12. The fraction of sp³-hybridized carbons (Fsp3) is 0.0278. The summed E-state index contributed by atoms with van der Waals surface area (Å²) in [5.41, 5.74) is 3.84. The minimum atomic E-state index is -3.81. The Morgan fingerprint density at radius 3 is 2.43 bits per heavy atom. The summed E-state index contributed by atoms with van der Waals surface area (Å²) in [4.78, 5) is 39.0. The molecule has 4 heterocycles. The number of carbonyl (C=O) groups excluding carboxylic acids is 2.